The SMILES string of the molecule is CC(C)N1C(=O)c2ccc3c4ccc5c6ccc7c8ccc9c%10ccc%11c%12c(ccc(c%13ccc(c%14ccc(c%15ccc(c%16ccc(c2c3%16)C1O)c4c5%15)c6c7%14)c8c9%13)c%12%10)C(=O)N(C)C%11=O. The van der Waals surface area contributed by atoms with Gasteiger partial charge >= 0.3 is 0 Å². The van der Waals surface area contributed by atoms with E-state index in [0.29, 0.717) is 16.7 Å². The summed E-state index contributed by atoms with van der Waals surface area (Å²) in [6, 6.07) is 43.6. The van der Waals surface area contributed by atoms with Crippen molar-refractivity contribution in [2.24, 2.45) is 0 Å². The van der Waals surface area contributed by atoms with Crippen molar-refractivity contribution < 1.29 is 19.5 Å². The Balaban J connectivity index is 1.01. The van der Waals surface area contributed by atoms with Crippen molar-refractivity contribution in [1.82, 2.24) is 9.80 Å². The van der Waals surface area contributed by atoms with E-state index in [1.165, 1.54) is 80.3 Å². The lowest BCUT2D eigenvalue weighted by Crippen LogP contribution is -2.42. The molecule has 2 aliphatic rings. The van der Waals surface area contributed by atoms with Gasteiger partial charge in [0, 0.05) is 46.1 Å². The average Bonchev–Trinajstić information content (AvgIpc) is 3.32. The summed E-state index contributed by atoms with van der Waals surface area (Å²) in [5.41, 5.74) is 2.57. The molecule has 1 N–H and O–H groups in total. The highest BCUT2D eigenvalue weighted by Crippen LogP contribution is 2.53. The second-order valence-electron chi connectivity index (χ2n) is 18.7. The van der Waals surface area contributed by atoms with Crippen LogP contribution < -0.4 is 0 Å². The molecule has 64 heavy (non-hydrogen) atoms. The van der Waals surface area contributed by atoms with Crippen molar-refractivity contribution in [3.8, 4) is 0 Å². The van der Waals surface area contributed by atoms with Gasteiger partial charge in [0.25, 0.3) is 17.7 Å². The largest absolute Gasteiger partial charge is 0.369 e. The first kappa shape index (κ1) is 33.7. The first-order valence-electron chi connectivity index (χ1n) is 22.1. The van der Waals surface area contributed by atoms with Gasteiger partial charge in [-0.3, -0.25) is 19.3 Å². The summed E-state index contributed by atoms with van der Waals surface area (Å²) >= 11 is 0. The zero-order chi connectivity index (χ0) is 42.5. The van der Waals surface area contributed by atoms with Crippen molar-refractivity contribution in [2.45, 2.75) is 26.1 Å². The molecule has 0 bridgehead atoms. The van der Waals surface area contributed by atoms with Gasteiger partial charge in [-0.25, -0.2) is 0 Å². The van der Waals surface area contributed by atoms with Gasteiger partial charge in [-0.15, -0.1) is 0 Å². The minimum absolute atomic E-state index is 0.134. The third-order valence-electron chi connectivity index (χ3n) is 15.8. The molecular weight excluding hydrogens is 789 g/mol. The smallest absolute Gasteiger partial charge is 0.261 e. The Hall–Kier alpha value is -7.93. The van der Waals surface area contributed by atoms with E-state index in [0.717, 1.165) is 70.2 Å². The van der Waals surface area contributed by atoms with Gasteiger partial charge in [-0.2, -0.15) is 0 Å². The van der Waals surface area contributed by atoms with E-state index in [4.69, 9.17) is 0 Å². The summed E-state index contributed by atoms with van der Waals surface area (Å²) < 4.78 is 0. The highest BCUT2D eigenvalue weighted by atomic mass is 16.3. The van der Waals surface area contributed by atoms with Gasteiger partial charge in [-0.1, -0.05) is 103 Å². The first-order chi connectivity index (χ1) is 31.2. The van der Waals surface area contributed by atoms with Crippen LogP contribution in [-0.2, 0) is 0 Å². The molecule has 1 atom stereocenters. The lowest BCUT2D eigenvalue weighted by molar-refractivity contribution is -0.00898. The van der Waals surface area contributed by atoms with E-state index in [2.05, 4.69) is 97.1 Å². The van der Waals surface area contributed by atoms with Crippen LogP contribution in [-0.4, -0.2) is 45.7 Å². The molecule has 298 valence electrons. The Morgan fingerprint density at radius 1 is 0.344 bits per heavy atom. The van der Waals surface area contributed by atoms with E-state index in [1.54, 1.807) is 11.9 Å². The van der Waals surface area contributed by atoms with Crippen LogP contribution in [0.15, 0.2) is 121 Å². The van der Waals surface area contributed by atoms with Gasteiger partial charge in [0.05, 0.1) is 0 Å². The Morgan fingerprint density at radius 2 is 0.578 bits per heavy atom. The third-order valence-corrected chi connectivity index (χ3v) is 15.8. The molecule has 2 aliphatic heterocycles. The maximum Gasteiger partial charge on any atom is 0.261 e. The third kappa shape index (κ3) is 3.45. The van der Waals surface area contributed by atoms with Crippen LogP contribution in [0.25, 0.3) is 140 Å². The zero-order valence-corrected chi connectivity index (χ0v) is 34.8. The number of benzene rings is 14. The number of imide groups is 1. The number of carbonyl (C=O) groups excluding carboxylic acids is 3. The van der Waals surface area contributed by atoms with Crippen molar-refractivity contribution in [1.29, 1.82) is 0 Å². The van der Waals surface area contributed by atoms with Crippen LogP contribution in [0.5, 0.6) is 0 Å². The van der Waals surface area contributed by atoms with Crippen LogP contribution >= 0.6 is 0 Å². The maximum absolute atomic E-state index is 13.9. The van der Waals surface area contributed by atoms with Crippen LogP contribution in [0.1, 0.15) is 56.7 Å². The average molecular weight is 821 g/mol. The number of aliphatic hydroxyl groups excluding tert-OH is 1. The number of nitrogens with zero attached hydrogens (tertiary/aromatic N) is 2. The summed E-state index contributed by atoms with van der Waals surface area (Å²) in [6.45, 7) is 3.89. The quantitative estimate of drug-likeness (QED) is 0.102. The Kier molecular flexibility index (Phi) is 5.59. The molecule has 0 fully saturated rings. The topological polar surface area (TPSA) is 77.9 Å². The number of amides is 3. The number of carbonyl (C=O) groups is 3. The Labute approximate surface area is 362 Å². The summed E-state index contributed by atoms with van der Waals surface area (Å²) in [4.78, 5) is 43.5. The lowest BCUT2D eigenvalue weighted by Gasteiger charge is -2.37. The number of aliphatic hydroxyl groups is 1. The van der Waals surface area contributed by atoms with Crippen LogP contribution in [0.2, 0.25) is 0 Å². The molecule has 0 saturated heterocycles. The minimum Gasteiger partial charge on any atom is -0.369 e. The Bertz CT molecular complexity index is 4400. The van der Waals surface area contributed by atoms with Crippen LogP contribution in [0, 0.1) is 0 Å². The molecular formula is C58H32N2O4. The summed E-state index contributed by atoms with van der Waals surface area (Å²) in [7, 11) is 1.56. The molecule has 16 rings (SSSR count). The fourth-order valence-electron chi connectivity index (χ4n) is 13.2. The zero-order valence-electron chi connectivity index (χ0n) is 34.8. The molecule has 6 heteroatoms. The normalized spacial score (nSPS) is 16.1. The molecule has 14 aromatic carbocycles. The van der Waals surface area contributed by atoms with Crippen molar-refractivity contribution in [3.63, 3.8) is 0 Å². The first-order valence-corrected chi connectivity index (χ1v) is 22.1. The molecule has 2 heterocycles. The van der Waals surface area contributed by atoms with Gasteiger partial charge in [0.2, 0.25) is 0 Å². The van der Waals surface area contributed by atoms with Crippen LogP contribution in [0.3, 0.4) is 0 Å². The lowest BCUT2D eigenvalue weighted by atomic mass is 9.79. The summed E-state index contributed by atoms with van der Waals surface area (Å²) in [5, 5.41) is 41.2. The van der Waals surface area contributed by atoms with E-state index in [1.807, 2.05) is 38.1 Å². The van der Waals surface area contributed by atoms with Crippen molar-refractivity contribution >= 4 is 158 Å². The monoisotopic (exact) mass is 820 g/mol. The number of fused-ring (bicyclic) bond motifs is 8. The summed E-state index contributed by atoms with van der Waals surface area (Å²) in [6.07, 6.45) is -1.00. The van der Waals surface area contributed by atoms with E-state index >= 15 is 0 Å². The molecule has 0 radical (unpaired) electrons. The Morgan fingerprint density at radius 3 is 0.875 bits per heavy atom. The van der Waals surface area contributed by atoms with Crippen molar-refractivity contribution in [2.75, 3.05) is 7.05 Å². The van der Waals surface area contributed by atoms with E-state index in [9.17, 15) is 19.5 Å². The van der Waals surface area contributed by atoms with Crippen molar-refractivity contribution in [3.05, 3.63) is 144 Å². The molecule has 0 aromatic heterocycles. The molecule has 0 spiro atoms. The van der Waals surface area contributed by atoms with Gasteiger partial charge in [0.15, 0.2) is 6.23 Å². The second-order valence-corrected chi connectivity index (χ2v) is 18.7. The molecule has 3 amide bonds. The van der Waals surface area contributed by atoms with Gasteiger partial charge in [-0.05, 0) is 161 Å². The second kappa shape index (κ2) is 10.6. The molecule has 1 unspecified atom stereocenters. The van der Waals surface area contributed by atoms with E-state index in [-0.39, 0.29) is 23.8 Å². The maximum atomic E-state index is 13.9. The van der Waals surface area contributed by atoms with Gasteiger partial charge in [0.1, 0.15) is 0 Å². The van der Waals surface area contributed by atoms with E-state index < -0.39 is 6.23 Å². The predicted octanol–water partition coefficient (Wildman–Crippen LogP) is 13.5. The molecule has 6 nitrogen and oxygen atoms in total. The highest BCUT2D eigenvalue weighted by Gasteiger charge is 2.36. The summed E-state index contributed by atoms with van der Waals surface area (Å²) in [5.74, 6) is -0.659. The van der Waals surface area contributed by atoms with Crippen LogP contribution in [0.4, 0.5) is 0 Å². The number of hydrogen-bond donors (Lipinski definition) is 1. The molecule has 14 aromatic rings. The standard InChI is InChI=1S/C58H32N2O4/c1-24(2)60-57(63)43-22-18-39-35-14-10-31-27-6-4-25-29-8-12-33-37-16-20-41-53-42(56(62)59(3)55(41)61)21-17-38(51(37)53)34-13-9-30(47(29)49(33)34)26-5-7-28(46(27)45(25)26)32-11-15-36(50(35)48(31)32)40-19-23-44(58(60)64)54(43)52(39)40/h4-24,57,63H,1-3H3. The fraction of sp³-hybridized carbons (Fsp3) is 0.0862. The predicted molar refractivity (Wildman–Crippen MR) is 261 cm³/mol. The molecule has 0 aliphatic carbocycles. The number of rotatable bonds is 1. The van der Waals surface area contributed by atoms with Gasteiger partial charge < -0.3 is 10.0 Å². The number of hydrogen-bond acceptors (Lipinski definition) is 4. The molecule has 0 saturated carbocycles. The highest BCUT2D eigenvalue weighted by molar-refractivity contribution is 6.49. The minimum atomic E-state index is -1.00. The fourth-order valence-corrected chi connectivity index (χ4v) is 13.2.